The van der Waals surface area contributed by atoms with Crippen LogP contribution in [0, 0.1) is 19.7 Å². The van der Waals surface area contributed by atoms with Crippen molar-refractivity contribution >= 4 is 23.1 Å². The predicted octanol–water partition coefficient (Wildman–Crippen LogP) is 5.65. The number of aromatic amines is 1. The van der Waals surface area contributed by atoms with Crippen LogP contribution in [0.2, 0.25) is 0 Å². The molecule has 0 amide bonds. The average molecular weight is 497 g/mol. The van der Waals surface area contributed by atoms with E-state index < -0.39 is 23.5 Å². The standard InChI is InChI=1S/C28H33FN2O5/c1-15-18-10-8-12-35-24(18)21(29)14-19(15)23-20-13-17(9-6-7-11-32)31-26(20)30-16(2)22(23)25(27(33)34)36-28(3,4)5/h6,9,13-14,25,32H,7-8,10-12H2,1-5H3,(H,30,31)(H,33,34)/b9-6+. The fourth-order valence-electron chi connectivity index (χ4n) is 4.79. The minimum Gasteiger partial charge on any atom is -0.490 e. The van der Waals surface area contributed by atoms with Gasteiger partial charge >= 0.3 is 5.97 Å². The van der Waals surface area contributed by atoms with Crippen LogP contribution in [-0.2, 0) is 16.0 Å². The van der Waals surface area contributed by atoms with E-state index in [9.17, 15) is 9.90 Å². The molecule has 3 aromatic rings. The summed E-state index contributed by atoms with van der Waals surface area (Å²) in [6.45, 7) is 9.55. The van der Waals surface area contributed by atoms with Gasteiger partial charge in [0, 0.05) is 40.1 Å². The van der Waals surface area contributed by atoms with Crippen molar-refractivity contribution < 1.29 is 28.9 Å². The second-order valence-electron chi connectivity index (χ2n) is 10.1. The molecule has 0 radical (unpaired) electrons. The third-order valence-corrected chi connectivity index (χ3v) is 6.28. The van der Waals surface area contributed by atoms with Crippen molar-refractivity contribution in [2.24, 2.45) is 0 Å². The zero-order valence-corrected chi connectivity index (χ0v) is 21.4. The molecule has 0 fully saturated rings. The van der Waals surface area contributed by atoms with Crippen molar-refractivity contribution in [3.63, 3.8) is 0 Å². The highest BCUT2D eigenvalue weighted by atomic mass is 19.1. The molecule has 1 aliphatic heterocycles. The van der Waals surface area contributed by atoms with Gasteiger partial charge in [-0.2, -0.15) is 0 Å². The smallest absolute Gasteiger partial charge is 0.337 e. The number of carboxylic acid groups (broad SMARTS) is 1. The van der Waals surface area contributed by atoms with E-state index in [0.29, 0.717) is 52.9 Å². The Balaban J connectivity index is 2.07. The van der Waals surface area contributed by atoms with E-state index in [4.69, 9.17) is 14.6 Å². The third-order valence-electron chi connectivity index (χ3n) is 6.28. The Hall–Kier alpha value is -3.23. The second kappa shape index (κ2) is 10.0. The summed E-state index contributed by atoms with van der Waals surface area (Å²) in [5.74, 6) is -1.34. The lowest BCUT2D eigenvalue weighted by atomic mass is 9.86. The molecule has 0 spiro atoms. The topological polar surface area (TPSA) is 105 Å². The first-order valence-corrected chi connectivity index (χ1v) is 12.2. The highest BCUT2D eigenvalue weighted by molar-refractivity contribution is 5.99. The molecule has 7 nitrogen and oxygen atoms in total. The van der Waals surface area contributed by atoms with E-state index in [-0.39, 0.29) is 12.4 Å². The number of nitrogens with one attached hydrogen (secondary N) is 1. The molecular weight excluding hydrogens is 463 g/mol. The number of hydrogen-bond donors (Lipinski definition) is 3. The number of benzene rings is 1. The summed E-state index contributed by atoms with van der Waals surface area (Å²) in [7, 11) is 0. The Kier molecular flexibility index (Phi) is 7.20. The number of aliphatic hydroxyl groups excluding tert-OH is 1. The van der Waals surface area contributed by atoms with Gasteiger partial charge in [-0.1, -0.05) is 6.08 Å². The van der Waals surface area contributed by atoms with Crippen LogP contribution in [0.4, 0.5) is 4.39 Å². The van der Waals surface area contributed by atoms with Crippen LogP contribution in [0.3, 0.4) is 0 Å². The lowest BCUT2D eigenvalue weighted by Crippen LogP contribution is -2.28. The second-order valence-corrected chi connectivity index (χ2v) is 10.1. The first-order chi connectivity index (χ1) is 17.0. The molecule has 8 heteroatoms. The van der Waals surface area contributed by atoms with Gasteiger partial charge < -0.3 is 24.7 Å². The maximum atomic E-state index is 15.3. The molecule has 0 bridgehead atoms. The molecule has 36 heavy (non-hydrogen) atoms. The van der Waals surface area contributed by atoms with Crippen LogP contribution in [-0.4, -0.2) is 45.0 Å². The summed E-state index contributed by atoms with van der Waals surface area (Å²) < 4.78 is 27.0. The number of aliphatic hydroxyl groups is 1. The normalized spacial score (nSPS) is 14.8. The number of carboxylic acids is 1. The number of rotatable bonds is 7. The molecule has 4 rings (SSSR count). The molecule has 1 unspecified atom stereocenters. The summed E-state index contributed by atoms with van der Waals surface area (Å²) in [5, 5.41) is 20.0. The zero-order chi connectivity index (χ0) is 26.2. The molecule has 0 saturated carbocycles. The Morgan fingerprint density at radius 1 is 1.33 bits per heavy atom. The lowest BCUT2D eigenvalue weighted by molar-refractivity contribution is -0.160. The first kappa shape index (κ1) is 25.9. The van der Waals surface area contributed by atoms with Crippen molar-refractivity contribution in [3.05, 3.63) is 52.1 Å². The van der Waals surface area contributed by atoms with Crippen LogP contribution in [0.1, 0.15) is 67.8 Å². The number of aromatic nitrogens is 2. The van der Waals surface area contributed by atoms with Gasteiger partial charge in [0.05, 0.1) is 12.2 Å². The molecule has 1 aliphatic rings. The Morgan fingerprint density at radius 3 is 2.75 bits per heavy atom. The van der Waals surface area contributed by atoms with E-state index >= 15 is 4.39 Å². The van der Waals surface area contributed by atoms with Crippen molar-refractivity contribution in [2.45, 2.75) is 65.6 Å². The molecule has 0 aliphatic carbocycles. The highest BCUT2D eigenvalue weighted by Crippen LogP contribution is 2.44. The number of pyridine rings is 1. The van der Waals surface area contributed by atoms with Crippen molar-refractivity contribution in [2.75, 3.05) is 13.2 Å². The minimum absolute atomic E-state index is 0.0313. The maximum absolute atomic E-state index is 15.3. The summed E-state index contributed by atoms with van der Waals surface area (Å²) >= 11 is 0. The molecule has 3 N–H and O–H groups in total. The van der Waals surface area contributed by atoms with E-state index in [0.717, 1.165) is 23.2 Å². The van der Waals surface area contributed by atoms with Gasteiger partial charge in [-0.15, -0.1) is 0 Å². The summed E-state index contributed by atoms with van der Waals surface area (Å²) in [6.07, 6.45) is 4.32. The largest absolute Gasteiger partial charge is 0.490 e. The van der Waals surface area contributed by atoms with Gasteiger partial charge in [0.25, 0.3) is 0 Å². The number of aliphatic carboxylic acids is 1. The monoisotopic (exact) mass is 496 g/mol. The van der Waals surface area contributed by atoms with Gasteiger partial charge in [-0.3, -0.25) is 0 Å². The van der Waals surface area contributed by atoms with Crippen LogP contribution < -0.4 is 4.74 Å². The predicted molar refractivity (Wildman–Crippen MR) is 137 cm³/mol. The van der Waals surface area contributed by atoms with Gasteiger partial charge in [0.15, 0.2) is 17.7 Å². The molecular formula is C28H33FN2O5. The van der Waals surface area contributed by atoms with Crippen LogP contribution in [0.5, 0.6) is 5.75 Å². The average Bonchev–Trinajstić information content (AvgIpc) is 3.21. The number of H-pyrrole nitrogens is 1. The number of ether oxygens (including phenoxy) is 2. The number of hydrogen-bond acceptors (Lipinski definition) is 5. The van der Waals surface area contributed by atoms with E-state index in [1.165, 1.54) is 6.07 Å². The molecule has 1 atom stereocenters. The summed E-state index contributed by atoms with van der Waals surface area (Å²) in [4.78, 5) is 20.5. The van der Waals surface area contributed by atoms with E-state index in [1.807, 2.05) is 25.1 Å². The molecule has 0 saturated heterocycles. The van der Waals surface area contributed by atoms with Crippen LogP contribution in [0.15, 0.2) is 18.2 Å². The Morgan fingerprint density at radius 2 is 2.08 bits per heavy atom. The van der Waals surface area contributed by atoms with Crippen molar-refractivity contribution in [1.82, 2.24) is 9.97 Å². The molecule has 1 aromatic carbocycles. The summed E-state index contributed by atoms with van der Waals surface area (Å²) in [6, 6.07) is 3.30. The van der Waals surface area contributed by atoms with Gasteiger partial charge in [0.1, 0.15) is 5.65 Å². The fourth-order valence-corrected chi connectivity index (χ4v) is 4.79. The third kappa shape index (κ3) is 5.01. The number of fused-ring (bicyclic) bond motifs is 2. The first-order valence-electron chi connectivity index (χ1n) is 12.2. The lowest BCUT2D eigenvalue weighted by Gasteiger charge is -2.29. The number of nitrogens with zero attached hydrogens (tertiary/aromatic N) is 1. The highest BCUT2D eigenvalue weighted by Gasteiger charge is 2.34. The van der Waals surface area contributed by atoms with Gasteiger partial charge in [0.2, 0.25) is 0 Å². The Bertz CT molecular complexity index is 1340. The fraction of sp³-hybridized carbons (Fsp3) is 0.429. The molecule has 192 valence electrons. The van der Waals surface area contributed by atoms with Gasteiger partial charge in [-0.05, 0) is 83.2 Å². The van der Waals surface area contributed by atoms with E-state index in [2.05, 4.69) is 9.97 Å². The van der Waals surface area contributed by atoms with E-state index in [1.54, 1.807) is 27.7 Å². The maximum Gasteiger partial charge on any atom is 0.337 e. The van der Waals surface area contributed by atoms with Crippen LogP contribution >= 0.6 is 0 Å². The quantitative estimate of drug-likeness (QED) is 0.391. The number of carbonyl (C=O) groups is 1. The van der Waals surface area contributed by atoms with Gasteiger partial charge in [-0.25, -0.2) is 14.2 Å². The zero-order valence-electron chi connectivity index (χ0n) is 21.4. The Labute approximate surface area is 210 Å². The number of halogens is 1. The molecule has 3 heterocycles. The number of aryl methyl sites for hydroxylation is 1. The van der Waals surface area contributed by atoms with Crippen molar-refractivity contribution in [1.29, 1.82) is 0 Å². The van der Waals surface area contributed by atoms with Crippen molar-refractivity contribution in [3.8, 4) is 16.9 Å². The minimum atomic E-state index is -1.31. The van der Waals surface area contributed by atoms with Crippen LogP contribution in [0.25, 0.3) is 28.2 Å². The SMILES string of the molecule is Cc1nc2[nH]c(/C=C/CCO)cc2c(-c2cc(F)c3c(c2C)CCCO3)c1C(OC(C)(C)C)C(=O)O. The molecule has 2 aromatic heterocycles. The summed E-state index contributed by atoms with van der Waals surface area (Å²) in [5.41, 5.74) is 4.25.